The van der Waals surface area contributed by atoms with Crippen LogP contribution < -0.4 is 16.2 Å². The highest BCUT2D eigenvalue weighted by molar-refractivity contribution is 7.80. The van der Waals surface area contributed by atoms with Crippen molar-refractivity contribution in [3.05, 3.63) is 71.0 Å². The smallest absolute Gasteiger partial charge is 0.244 e. The molecule has 0 aliphatic carbocycles. The van der Waals surface area contributed by atoms with Crippen LogP contribution in [0.25, 0.3) is 10.6 Å². The van der Waals surface area contributed by atoms with Gasteiger partial charge in [-0.15, -0.1) is 11.3 Å². The van der Waals surface area contributed by atoms with Gasteiger partial charge in [0.15, 0.2) is 5.11 Å². The van der Waals surface area contributed by atoms with Crippen LogP contribution in [0.5, 0.6) is 0 Å². The van der Waals surface area contributed by atoms with Crippen molar-refractivity contribution >= 4 is 40.3 Å². The standard InChI is InChI=1S/C20H19FN4OS2/c1-2-13-5-3-4-6-17(13)23-20(27)25-24-18(26)11-16-12-28-19(22-16)14-7-9-15(21)10-8-14/h3-10,12H,2,11H2,1H3,(H,24,26)(H2,23,25,27). The fourth-order valence-corrected chi connectivity index (χ4v) is 3.54. The van der Waals surface area contributed by atoms with Gasteiger partial charge in [-0.2, -0.15) is 0 Å². The lowest BCUT2D eigenvalue weighted by Gasteiger charge is -2.13. The summed E-state index contributed by atoms with van der Waals surface area (Å²) in [5.41, 5.74) is 8.76. The van der Waals surface area contributed by atoms with E-state index in [4.69, 9.17) is 12.2 Å². The summed E-state index contributed by atoms with van der Waals surface area (Å²) in [6.45, 7) is 2.06. The Morgan fingerprint density at radius 1 is 1.14 bits per heavy atom. The Hall–Kier alpha value is -2.84. The van der Waals surface area contributed by atoms with Gasteiger partial charge < -0.3 is 5.32 Å². The summed E-state index contributed by atoms with van der Waals surface area (Å²) >= 11 is 6.63. The number of carbonyl (C=O) groups excluding carboxylic acids is 1. The molecule has 0 spiro atoms. The summed E-state index contributed by atoms with van der Waals surface area (Å²) < 4.78 is 13.0. The number of thiazole rings is 1. The van der Waals surface area contributed by atoms with Gasteiger partial charge in [0.25, 0.3) is 0 Å². The van der Waals surface area contributed by atoms with Crippen molar-refractivity contribution in [3.63, 3.8) is 0 Å². The summed E-state index contributed by atoms with van der Waals surface area (Å²) in [7, 11) is 0. The largest absolute Gasteiger partial charge is 0.331 e. The minimum atomic E-state index is -0.294. The number of rotatable bonds is 5. The first kappa shape index (κ1) is 19.9. The average Bonchev–Trinajstić information content (AvgIpc) is 3.16. The highest BCUT2D eigenvalue weighted by Gasteiger charge is 2.10. The van der Waals surface area contributed by atoms with E-state index in [1.807, 2.05) is 29.6 Å². The number of aryl methyl sites for hydroxylation is 1. The number of nitrogens with zero attached hydrogens (tertiary/aromatic N) is 1. The molecule has 0 fully saturated rings. The van der Waals surface area contributed by atoms with Gasteiger partial charge in [-0.3, -0.25) is 15.6 Å². The number of benzene rings is 2. The molecule has 5 nitrogen and oxygen atoms in total. The predicted molar refractivity (Wildman–Crippen MR) is 115 cm³/mol. The van der Waals surface area contributed by atoms with Crippen LogP contribution in [0.4, 0.5) is 10.1 Å². The Morgan fingerprint density at radius 2 is 1.89 bits per heavy atom. The number of hydrazine groups is 1. The number of carbonyl (C=O) groups is 1. The summed E-state index contributed by atoms with van der Waals surface area (Å²) in [4.78, 5) is 16.6. The third kappa shape index (κ3) is 5.34. The van der Waals surface area contributed by atoms with Gasteiger partial charge in [0.1, 0.15) is 10.8 Å². The highest BCUT2D eigenvalue weighted by atomic mass is 32.1. The molecule has 0 saturated heterocycles. The number of halogens is 1. The van der Waals surface area contributed by atoms with Gasteiger partial charge >= 0.3 is 0 Å². The summed E-state index contributed by atoms with van der Waals surface area (Å²) in [6, 6.07) is 13.9. The predicted octanol–water partition coefficient (Wildman–Crippen LogP) is 4.07. The van der Waals surface area contributed by atoms with Crippen LogP contribution in [-0.2, 0) is 17.6 Å². The highest BCUT2D eigenvalue weighted by Crippen LogP contribution is 2.24. The first-order chi connectivity index (χ1) is 13.5. The molecular formula is C20H19FN4OS2. The van der Waals surface area contributed by atoms with E-state index >= 15 is 0 Å². The Balaban J connectivity index is 1.50. The van der Waals surface area contributed by atoms with Crippen molar-refractivity contribution in [2.45, 2.75) is 19.8 Å². The first-order valence-electron chi connectivity index (χ1n) is 8.69. The minimum absolute atomic E-state index is 0.110. The number of hydrogen-bond acceptors (Lipinski definition) is 4. The fraction of sp³-hybridized carbons (Fsp3) is 0.150. The van der Waals surface area contributed by atoms with E-state index in [0.717, 1.165) is 28.2 Å². The Kier molecular flexibility index (Phi) is 6.67. The van der Waals surface area contributed by atoms with Gasteiger partial charge in [-0.1, -0.05) is 25.1 Å². The maximum absolute atomic E-state index is 13.0. The normalized spacial score (nSPS) is 10.4. The van der Waals surface area contributed by atoms with Crippen LogP contribution in [0.3, 0.4) is 0 Å². The van der Waals surface area contributed by atoms with Gasteiger partial charge in [0, 0.05) is 16.6 Å². The van der Waals surface area contributed by atoms with Crippen molar-refractivity contribution in [2.75, 3.05) is 5.32 Å². The SMILES string of the molecule is CCc1ccccc1NC(=S)NNC(=O)Cc1csc(-c2ccc(F)cc2)n1. The van der Waals surface area contributed by atoms with Crippen LogP contribution in [0.2, 0.25) is 0 Å². The van der Waals surface area contributed by atoms with Crippen molar-refractivity contribution in [2.24, 2.45) is 0 Å². The molecule has 28 heavy (non-hydrogen) atoms. The molecular weight excluding hydrogens is 395 g/mol. The molecule has 1 aromatic heterocycles. The number of nitrogens with one attached hydrogen (secondary N) is 3. The van der Waals surface area contributed by atoms with E-state index in [-0.39, 0.29) is 18.1 Å². The monoisotopic (exact) mass is 414 g/mol. The number of para-hydroxylation sites is 1. The zero-order valence-electron chi connectivity index (χ0n) is 15.2. The third-order valence-corrected chi connectivity index (χ3v) is 5.09. The van der Waals surface area contributed by atoms with E-state index < -0.39 is 0 Å². The van der Waals surface area contributed by atoms with E-state index in [1.165, 1.54) is 23.5 Å². The van der Waals surface area contributed by atoms with E-state index in [2.05, 4.69) is 28.1 Å². The molecule has 1 amide bonds. The maximum Gasteiger partial charge on any atom is 0.244 e. The van der Waals surface area contributed by atoms with Crippen LogP contribution in [0.15, 0.2) is 53.9 Å². The molecule has 8 heteroatoms. The number of hydrogen-bond donors (Lipinski definition) is 3. The Bertz CT molecular complexity index is 972. The second-order valence-corrected chi connectivity index (χ2v) is 7.23. The molecule has 0 saturated carbocycles. The Morgan fingerprint density at radius 3 is 2.64 bits per heavy atom. The molecule has 0 bridgehead atoms. The van der Waals surface area contributed by atoms with Crippen LogP contribution in [0, 0.1) is 5.82 Å². The van der Waals surface area contributed by atoms with Crippen molar-refractivity contribution < 1.29 is 9.18 Å². The second-order valence-electron chi connectivity index (χ2n) is 5.97. The molecule has 0 atom stereocenters. The topological polar surface area (TPSA) is 66.0 Å². The lowest BCUT2D eigenvalue weighted by atomic mass is 10.1. The molecule has 1 heterocycles. The first-order valence-corrected chi connectivity index (χ1v) is 9.98. The summed E-state index contributed by atoms with van der Waals surface area (Å²) in [5, 5.41) is 5.93. The molecule has 0 aliphatic heterocycles. The van der Waals surface area contributed by atoms with Crippen LogP contribution in [0.1, 0.15) is 18.2 Å². The average molecular weight is 415 g/mol. The second kappa shape index (κ2) is 9.38. The molecule has 144 valence electrons. The molecule has 3 N–H and O–H groups in total. The zero-order valence-corrected chi connectivity index (χ0v) is 16.8. The van der Waals surface area contributed by atoms with Crippen LogP contribution >= 0.6 is 23.6 Å². The van der Waals surface area contributed by atoms with Crippen LogP contribution in [-0.4, -0.2) is 16.0 Å². The number of aromatic nitrogens is 1. The number of amides is 1. The molecule has 2 aromatic carbocycles. The van der Waals surface area contributed by atoms with Crippen molar-refractivity contribution in [1.29, 1.82) is 0 Å². The lowest BCUT2D eigenvalue weighted by Crippen LogP contribution is -2.44. The molecule has 0 radical (unpaired) electrons. The summed E-state index contributed by atoms with van der Waals surface area (Å²) in [5.74, 6) is -0.555. The van der Waals surface area contributed by atoms with Gasteiger partial charge in [0.05, 0.1) is 12.1 Å². The van der Waals surface area contributed by atoms with E-state index in [1.54, 1.807) is 12.1 Å². The summed E-state index contributed by atoms with van der Waals surface area (Å²) in [6.07, 6.45) is 0.983. The number of anilines is 1. The maximum atomic E-state index is 13.0. The van der Waals surface area contributed by atoms with Gasteiger partial charge in [0.2, 0.25) is 5.91 Å². The molecule has 0 unspecified atom stereocenters. The molecule has 3 aromatic rings. The number of thiocarbonyl (C=S) groups is 1. The lowest BCUT2D eigenvalue weighted by molar-refractivity contribution is -0.121. The Labute approximate surface area is 172 Å². The van der Waals surface area contributed by atoms with Crippen molar-refractivity contribution in [1.82, 2.24) is 15.8 Å². The quantitative estimate of drug-likeness (QED) is 0.434. The molecule has 0 aliphatic rings. The zero-order chi connectivity index (χ0) is 19.9. The third-order valence-electron chi connectivity index (χ3n) is 3.95. The van der Waals surface area contributed by atoms with E-state index in [0.29, 0.717) is 10.8 Å². The molecule has 3 rings (SSSR count). The van der Waals surface area contributed by atoms with Gasteiger partial charge in [-0.05, 0) is 54.5 Å². The minimum Gasteiger partial charge on any atom is -0.331 e. The van der Waals surface area contributed by atoms with Crippen molar-refractivity contribution in [3.8, 4) is 10.6 Å². The van der Waals surface area contributed by atoms with Gasteiger partial charge in [-0.25, -0.2) is 9.37 Å². The van der Waals surface area contributed by atoms with E-state index in [9.17, 15) is 9.18 Å². The fourth-order valence-electron chi connectivity index (χ4n) is 2.55.